The van der Waals surface area contributed by atoms with Crippen LogP contribution in [0.1, 0.15) is 36.2 Å². The van der Waals surface area contributed by atoms with Gasteiger partial charge in [-0.1, -0.05) is 17.9 Å². The van der Waals surface area contributed by atoms with Gasteiger partial charge in [0.25, 0.3) is 5.91 Å². The molecule has 0 aromatic heterocycles. The molecule has 0 saturated carbocycles. The molecule has 0 aliphatic rings. The highest BCUT2D eigenvalue weighted by molar-refractivity contribution is 5.96. The summed E-state index contributed by atoms with van der Waals surface area (Å²) in [6, 6.07) is 6.06. The molecule has 5 nitrogen and oxygen atoms in total. The van der Waals surface area contributed by atoms with Crippen LogP contribution in [0.3, 0.4) is 0 Å². The molecule has 0 heterocycles. The van der Waals surface area contributed by atoms with Crippen molar-refractivity contribution in [1.82, 2.24) is 5.32 Å². The van der Waals surface area contributed by atoms with Crippen LogP contribution in [0.4, 0.5) is 0 Å². The summed E-state index contributed by atoms with van der Waals surface area (Å²) in [6.45, 7) is 3.56. The number of aliphatic hydroxyl groups is 1. The SMILES string of the molecule is CCOC(=O)C(C)NC(=O)c1cccc(C#CCCO)c1. The highest BCUT2D eigenvalue weighted by atomic mass is 16.5. The Labute approximate surface area is 124 Å². The van der Waals surface area contributed by atoms with Crippen LogP contribution < -0.4 is 5.32 Å². The lowest BCUT2D eigenvalue weighted by molar-refractivity contribution is -0.144. The average molecular weight is 289 g/mol. The molecule has 1 aromatic carbocycles. The molecule has 1 atom stereocenters. The number of hydrogen-bond donors (Lipinski definition) is 2. The summed E-state index contributed by atoms with van der Waals surface area (Å²) in [5.74, 6) is 4.82. The third-order valence-corrected chi connectivity index (χ3v) is 2.58. The third-order valence-electron chi connectivity index (χ3n) is 2.58. The molecular weight excluding hydrogens is 270 g/mol. The fourth-order valence-corrected chi connectivity index (χ4v) is 1.56. The van der Waals surface area contributed by atoms with Crippen molar-refractivity contribution in [2.24, 2.45) is 0 Å². The van der Waals surface area contributed by atoms with Gasteiger partial charge in [-0.3, -0.25) is 4.79 Å². The summed E-state index contributed by atoms with van der Waals surface area (Å²) < 4.78 is 4.83. The number of esters is 1. The van der Waals surface area contributed by atoms with Crippen molar-refractivity contribution in [1.29, 1.82) is 0 Å². The molecule has 2 N–H and O–H groups in total. The average Bonchev–Trinajstić information content (AvgIpc) is 2.48. The fraction of sp³-hybridized carbons (Fsp3) is 0.375. The zero-order valence-electron chi connectivity index (χ0n) is 12.2. The molecule has 0 aliphatic carbocycles. The molecule has 112 valence electrons. The van der Waals surface area contributed by atoms with E-state index in [-0.39, 0.29) is 19.1 Å². The van der Waals surface area contributed by atoms with Gasteiger partial charge in [-0.15, -0.1) is 0 Å². The molecule has 0 saturated heterocycles. The van der Waals surface area contributed by atoms with Crippen molar-refractivity contribution in [2.45, 2.75) is 26.3 Å². The Morgan fingerprint density at radius 2 is 2.19 bits per heavy atom. The minimum Gasteiger partial charge on any atom is -0.464 e. The van der Waals surface area contributed by atoms with Crippen molar-refractivity contribution < 1.29 is 19.4 Å². The Kier molecular flexibility index (Phi) is 6.99. The van der Waals surface area contributed by atoms with Gasteiger partial charge in [0.2, 0.25) is 0 Å². The van der Waals surface area contributed by atoms with Crippen LogP contribution >= 0.6 is 0 Å². The summed E-state index contributed by atoms with van der Waals surface area (Å²) >= 11 is 0. The summed E-state index contributed by atoms with van der Waals surface area (Å²) in [7, 11) is 0. The second-order valence-electron chi connectivity index (χ2n) is 4.30. The fourth-order valence-electron chi connectivity index (χ4n) is 1.56. The molecule has 1 aromatic rings. The van der Waals surface area contributed by atoms with Crippen molar-refractivity contribution in [2.75, 3.05) is 13.2 Å². The van der Waals surface area contributed by atoms with E-state index in [0.717, 1.165) is 0 Å². The van der Waals surface area contributed by atoms with Crippen LogP contribution in [0.5, 0.6) is 0 Å². The predicted molar refractivity (Wildman–Crippen MR) is 78.6 cm³/mol. The largest absolute Gasteiger partial charge is 0.464 e. The first-order valence-electron chi connectivity index (χ1n) is 6.75. The number of amides is 1. The van der Waals surface area contributed by atoms with E-state index >= 15 is 0 Å². The van der Waals surface area contributed by atoms with Crippen molar-refractivity contribution in [3.8, 4) is 11.8 Å². The molecule has 0 radical (unpaired) electrons. The standard InChI is InChI=1S/C16H19NO4/c1-3-21-16(20)12(2)17-15(19)14-9-6-8-13(11-14)7-4-5-10-18/h6,8-9,11-12,18H,3,5,10H2,1-2H3,(H,17,19). The van der Waals surface area contributed by atoms with Gasteiger partial charge in [0.1, 0.15) is 6.04 Å². The maximum Gasteiger partial charge on any atom is 0.328 e. The van der Waals surface area contributed by atoms with Gasteiger partial charge < -0.3 is 15.2 Å². The van der Waals surface area contributed by atoms with Gasteiger partial charge in [0.05, 0.1) is 13.2 Å². The summed E-state index contributed by atoms with van der Waals surface area (Å²) in [5, 5.41) is 11.2. The van der Waals surface area contributed by atoms with Crippen LogP contribution in [-0.2, 0) is 9.53 Å². The van der Waals surface area contributed by atoms with Crippen LogP contribution in [0.15, 0.2) is 24.3 Å². The first kappa shape index (κ1) is 16.7. The molecule has 1 amide bonds. The third kappa shape index (κ3) is 5.67. The van der Waals surface area contributed by atoms with Gasteiger partial charge in [-0.25, -0.2) is 4.79 Å². The van der Waals surface area contributed by atoms with Crippen molar-refractivity contribution >= 4 is 11.9 Å². The zero-order chi connectivity index (χ0) is 15.7. The van der Waals surface area contributed by atoms with E-state index in [1.807, 2.05) is 0 Å². The summed E-state index contributed by atoms with van der Waals surface area (Å²) in [6.07, 6.45) is 0.385. The van der Waals surface area contributed by atoms with E-state index in [1.165, 1.54) is 0 Å². The maximum atomic E-state index is 12.0. The number of benzene rings is 1. The van der Waals surface area contributed by atoms with Gasteiger partial charge in [0.15, 0.2) is 0 Å². The van der Waals surface area contributed by atoms with Crippen LogP contribution in [0.25, 0.3) is 0 Å². The molecule has 0 fully saturated rings. The Morgan fingerprint density at radius 1 is 1.43 bits per heavy atom. The lowest BCUT2D eigenvalue weighted by Crippen LogP contribution is -2.39. The quantitative estimate of drug-likeness (QED) is 0.629. The zero-order valence-corrected chi connectivity index (χ0v) is 12.2. The molecule has 1 rings (SSSR count). The summed E-state index contributed by atoms with van der Waals surface area (Å²) in [5.41, 5.74) is 1.10. The lowest BCUT2D eigenvalue weighted by atomic mass is 10.1. The van der Waals surface area contributed by atoms with Gasteiger partial charge in [-0.05, 0) is 32.0 Å². The van der Waals surface area contributed by atoms with E-state index in [2.05, 4.69) is 17.2 Å². The molecule has 0 aliphatic heterocycles. The van der Waals surface area contributed by atoms with Crippen LogP contribution in [0, 0.1) is 11.8 Å². The second kappa shape index (κ2) is 8.77. The number of nitrogens with one attached hydrogen (secondary N) is 1. The highest BCUT2D eigenvalue weighted by Crippen LogP contribution is 2.05. The lowest BCUT2D eigenvalue weighted by Gasteiger charge is -2.12. The Hall–Kier alpha value is -2.32. The molecule has 0 spiro atoms. The predicted octanol–water partition coefficient (Wildman–Crippen LogP) is 1.10. The number of carbonyl (C=O) groups is 2. The number of ether oxygens (including phenoxy) is 1. The summed E-state index contributed by atoms with van der Waals surface area (Å²) in [4.78, 5) is 23.5. The Balaban J connectivity index is 2.73. The molecule has 1 unspecified atom stereocenters. The number of rotatable bonds is 5. The number of carbonyl (C=O) groups excluding carboxylic acids is 2. The van der Waals surface area contributed by atoms with Crippen molar-refractivity contribution in [3.05, 3.63) is 35.4 Å². The topological polar surface area (TPSA) is 75.6 Å². The van der Waals surface area contributed by atoms with E-state index in [9.17, 15) is 9.59 Å². The minimum atomic E-state index is -0.707. The molecular formula is C16H19NO4. The number of aliphatic hydroxyl groups excluding tert-OH is 1. The van der Waals surface area contributed by atoms with E-state index in [1.54, 1.807) is 38.1 Å². The minimum absolute atomic E-state index is 0.00420. The van der Waals surface area contributed by atoms with E-state index in [0.29, 0.717) is 17.5 Å². The van der Waals surface area contributed by atoms with E-state index in [4.69, 9.17) is 9.84 Å². The smallest absolute Gasteiger partial charge is 0.328 e. The van der Waals surface area contributed by atoms with Crippen LogP contribution in [0.2, 0.25) is 0 Å². The first-order chi connectivity index (χ1) is 10.1. The first-order valence-corrected chi connectivity index (χ1v) is 6.75. The second-order valence-corrected chi connectivity index (χ2v) is 4.30. The maximum absolute atomic E-state index is 12.0. The monoisotopic (exact) mass is 289 g/mol. The van der Waals surface area contributed by atoms with Gasteiger partial charge >= 0.3 is 5.97 Å². The van der Waals surface area contributed by atoms with Gasteiger partial charge in [0, 0.05) is 17.5 Å². The Morgan fingerprint density at radius 3 is 2.86 bits per heavy atom. The molecule has 5 heteroatoms. The van der Waals surface area contributed by atoms with Crippen molar-refractivity contribution in [3.63, 3.8) is 0 Å². The normalized spacial score (nSPS) is 11.0. The van der Waals surface area contributed by atoms with Crippen LogP contribution in [-0.4, -0.2) is 36.2 Å². The highest BCUT2D eigenvalue weighted by Gasteiger charge is 2.17. The van der Waals surface area contributed by atoms with Gasteiger partial charge in [-0.2, -0.15) is 0 Å². The Bertz CT molecular complexity index is 557. The molecule has 21 heavy (non-hydrogen) atoms. The number of hydrogen-bond acceptors (Lipinski definition) is 4. The van der Waals surface area contributed by atoms with E-state index < -0.39 is 12.0 Å². The molecule has 0 bridgehead atoms.